The third-order valence-electron chi connectivity index (χ3n) is 3.06. The summed E-state index contributed by atoms with van der Waals surface area (Å²) < 4.78 is 0. The number of nitrogens with two attached hydrogens (primary N) is 1. The van der Waals surface area contributed by atoms with Crippen LogP contribution in [0.4, 0.5) is 5.95 Å². The monoisotopic (exact) mass is 301 g/mol. The molecule has 4 N–H and O–H groups in total. The molecule has 106 valence electrons. The second-order valence-electron chi connectivity index (χ2n) is 4.56. The van der Waals surface area contributed by atoms with E-state index in [4.69, 9.17) is 10.8 Å². The number of aromatic carboxylic acids is 1. The van der Waals surface area contributed by atoms with Gasteiger partial charge >= 0.3 is 5.97 Å². The molecule has 2 aromatic heterocycles. The van der Waals surface area contributed by atoms with Gasteiger partial charge < -0.3 is 15.8 Å². The number of hydrogen-bond donors (Lipinski definition) is 3. The van der Waals surface area contributed by atoms with Crippen molar-refractivity contribution >= 4 is 33.5 Å². The first-order chi connectivity index (χ1) is 10.0. The van der Waals surface area contributed by atoms with Gasteiger partial charge in [-0.2, -0.15) is 4.98 Å². The number of carboxylic acid groups (broad SMARTS) is 1. The van der Waals surface area contributed by atoms with E-state index < -0.39 is 5.97 Å². The molecule has 21 heavy (non-hydrogen) atoms. The van der Waals surface area contributed by atoms with Gasteiger partial charge in [0.15, 0.2) is 0 Å². The summed E-state index contributed by atoms with van der Waals surface area (Å²) in [6, 6.07) is 8.45. The molecule has 0 unspecified atom stereocenters. The highest BCUT2D eigenvalue weighted by atomic mass is 32.1. The summed E-state index contributed by atoms with van der Waals surface area (Å²) in [7, 11) is 0. The highest BCUT2D eigenvalue weighted by molar-refractivity contribution is 7.18. The molecule has 0 aliphatic rings. The molecule has 0 aliphatic carbocycles. The minimum atomic E-state index is -0.949. The van der Waals surface area contributed by atoms with Crippen molar-refractivity contribution in [3.63, 3.8) is 0 Å². The van der Waals surface area contributed by atoms with Crippen LogP contribution >= 0.6 is 11.3 Å². The first kappa shape index (κ1) is 13.3. The zero-order valence-corrected chi connectivity index (χ0v) is 11.6. The van der Waals surface area contributed by atoms with Crippen LogP contribution in [-0.2, 0) is 6.42 Å². The maximum absolute atomic E-state index is 11.7. The molecule has 0 saturated heterocycles. The van der Waals surface area contributed by atoms with Crippen molar-refractivity contribution in [3.05, 3.63) is 56.7 Å². The van der Waals surface area contributed by atoms with Gasteiger partial charge in [-0.05, 0) is 23.8 Å². The Morgan fingerprint density at radius 1 is 1.33 bits per heavy atom. The number of benzene rings is 1. The number of H-pyrrole nitrogens is 1. The Balaban J connectivity index is 1.93. The van der Waals surface area contributed by atoms with Crippen LogP contribution in [0.1, 0.15) is 20.8 Å². The van der Waals surface area contributed by atoms with Crippen LogP contribution in [0.5, 0.6) is 0 Å². The molecule has 0 amide bonds. The van der Waals surface area contributed by atoms with Crippen LogP contribution in [0.15, 0.2) is 35.1 Å². The predicted octanol–water partition coefficient (Wildman–Crippen LogP) is 1.86. The zero-order chi connectivity index (χ0) is 15.0. The number of anilines is 1. The molecule has 0 saturated carbocycles. The first-order valence-corrected chi connectivity index (χ1v) is 6.95. The molecular weight excluding hydrogens is 290 g/mol. The SMILES string of the molecule is Nc1nc(=O)c2cc(Cc3ccc(C(=O)O)cc3)sc2[nH]1. The molecule has 7 heteroatoms. The maximum atomic E-state index is 11.7. The molecule has 3 rings (SSSR count). The Hall–Kier alpha value is -2.67. The van der Waals surface area contributed by atoms with Gasteiger partial charge in [-0.3, -0.25) is 4.79 Å². The second-order valence-corrected chi connectivity index (χ2v) is 5.70. The normalized spacial score (nSPS) is 10.9. The van der Waals surface area contributed by atoms with Crippen molar-refractivity contribution in [3.8, 4) is 0 Å². The van der Waals surface area contributed by atoms with Crippen molar-refractivity contribution in [2.45, 2.75) is 6.42 Å². The van der Waals surface area contributed by atoms with Gasteiger partial charge in [-0.15, -0.1) is 11.3 Å². The first-order valence-electron chi connectivity index (χ1n) is 6.13. The lowest BCUT2D eigenvalue weighted by molar-refractivity contribution is 0.0697. The van der Waals surface area contributed by atoms with Crippen LogP contribution in [0.3, 0.4) is 0 Å². The van der Waals surface area contributed by atoms with Gasteiger partial charge in [-0.25, -0.2) is 4.79 Å². The fourth-order valence-corrected chi connectivity index (χ4v) is 3.15. The fraction of sp³-hybridized carbons (Fsp3) is 0.0714. The minimum absolute atomic E-state index is 0.103. The molecule has 3 aromatic rings. The number of nitrogens with zero attached hydrogens (tertiary/aromatic N) is 1. The summed E-state index contributed by atoms with van der Waals surface area (Å²) in [6.45, 7) is 0. The van der Waals surface area contributed by atoms with Gasteiger partial charge in [0.1, 0.15) is 4.83 Å². The molecule has 1 aromatic carbocycles. The summed E-state index contributed by atoms with van der Waals surface area (Å²) in [5.74, 6) is -0.845. The van der Waals surface area contributed by atoms with Gasteiger partial charge in [0, 0.05) is 11.3 Å². The van der Waals surface area contributed by atoms with Crippen LogP contribution in [0, 0.1) is 0 Å². The lowest BCUT2D eigenvalue weighted by Crippen LogP contribution is -2.09. The Labute approximate surface area is 122 Å². The maximum Gasteiger partial charge on any atom is 0.335 e. The molecule has 0 atom stereocenters. The van der Waals surface area contributed by atoms with Crippen LogP contribution in [-0.4, -0.2) is 21.0 Å². The van der Waals surface area contributed by atoms with Gasteiger partial charge in [0.2, 0.25) is 5.95 Å². The standard InChI is InChI=1S/C14H11N3O3S/c15-14-16-11(18)10-6-9(21-12(10)17-14)5-7-1-3-8(4-2-7)13(19)20/h1-4,6H,5H2,(H,19,20)(H3,15,16,17,18). The van der Waals surface area contributed by atoms with E-state index in [1.54, 1.807) is 30.3 Å². The number of carboxylic acids is 1. The minimum Gasteiger partial charge on any atom is -0.478 e. The van der Waals surface area contributed by atoms with Crippen molar-refractivity contribution in [2.75, 3.05) is 5.73 Å². The lowest BCUT2D eigenvalue weighted by Gasteiger charge is -1.99. The number of rotatable bonds is 3. The van der Waals surface area contributed by atoms with Crippen molar-refractivity contribution in [2.24, 2.45) is 0 Å². The van der Waals surface area contributed by atoms with E-state index in [0.29, 0.717) is 16.6 Å². The smallest absolute Gasteiger partial charge is 0.335 e. The highest BCUT2D eigenvalue weighted by Crippen LogP contribution is 2.24. The predicted molar refractivity (Wildman–Crippen MR) is 80.9 cm³/mol. The van der Waals surface area contributed by atoms with E-state index in [1.165, 1.54) is 11.3 Å². The zero-order valence-electron chi connectivity index (χ0n) is 10.8. The quantitative estimate of drug-likeness (QED) is 0.684. The van der Waals surface area contributed by atoms with E-state index in [-0.39, 0.29) is 17.1 Å². The topological polar surface area (TPSA) is 109 Å². The molecular formula is C14H11N3O3S. The summed E-state index contributed by atoms with van der Waals surface area (Å²) >= 11 is 1.44. The summed E-state index contributed by atoms with van der Waals surface area (Å²) in [6.07, 6.45) is 0.617. The van der Waals surface area contributed by atoms with Crippen LogP contribution in [0.25, 0.3) is 10.2 Å². The molecule has 0 radical (unpaired) electrons. The average molecular weight is 301 g/mol. The molecule has 6 nitrogen and oxygen atoms in total. The highest BCUT2D eigenvalue weighted by Gasteiger charge is 2.09. The number of nitrogen functional groups attached to an aromatic ring is 1. The Bertz CT molecular complexity index is 881. The van der Waals surface area contributed by atoms with E-state index in [0.717, 1.165) is 10.4 Å². The third-order valence-corrected chi connectivity index (χ3v) is 4.11. The third kappa shape index (κ3) is 2.63. The molecule has 0 aliphatic heterocycles. The number of carbonyl (C=O) groups is 1. The molecule has 0 fully saturated rings. The van der Waals surface area contributed by atoms with Gasteiger partial charge in [0.05, 0.1) is 10.9 Å². The summed E-state index contributed by atoms with van der Waals surface area (Å²) in [4.78, 5) is 30.7. The number of thiophene rings is 1. The van der Waals surface area contributed by atoms with Crippen molar-refractivity contribution in [1.29, 1.82) is 0 Å². The van der Waals surface area contributed by atoms with E-state index in [2.05, 4.69) is 9.97 Å². The molecule has 0 bridgehead atoms. The van der Waals surface area contributed by atoms with E-state index in [9.17, 15) is 9.59 Å². The fourth-order valence-electron chi connectivity index (χ4n) is 2.06. The molecule has 2 heterocycles. The van der Waals surface area contributed by atoms with E-state index in [1.807, 2.05) is 0 Å². The Kier molecular flexibility index (Phi) is 3.19. The lowest BCUT2D eigenvalue weighted by atomic mass is 10.1. The van der Waals surface area contributed by atoms with Crippen LogP contribution < -0.4 is 11.3 Å². The van der Waals surface area contributed by atoms with Crippen molar-refractivity contribution in [1.82, 2.24) is 9.97 Å². The van der Waals surface area contributed by atoms with Gasteiger partial charge in [-0.1, -0.05) is 12.1 Å². The summed E-state index contributed by atoms with van der Waals surface area (Å²) in [5.41, 5.74) is 6.40. The number of nitrogens with one attached hydrogen (secondary N) is 1. The van der Waals surface area contributed by atoms with Crippen LogP contribution in [0.2, 0.25) is 0 Å². The number of hydrogen-bond acceptors (Lipinski definition) is 5. The van der Waals surface area contributed by atoms with Gasteiger partial charge in [0.25, 0.3) is 5.56 Å². The van der Waals surface area contributed by atoms with Crippen molar-refractivity contribution < 1.29 is 9.90 Å². The largest absolute Gasteiger partial charge is 0.478 e. The Morgan fingerprint density at radius 3 is 2.71 bits per heavy atom. The number of aromatic amines is 1. The summed E-state index contributed by atoms with van der Waals surface area (Å²) in [5, 5.41) is 9.38. The number of fused-ring (bicyclic) bond motifs is 1. The Morgan fingerprint density at radius 2 is 2.05 bits per heavy atom. The number of aromatic nitrogens is 2. The molecule has 0 spiro atoms. The second kappa shape index (κ2) is 5.02. The average Bonchev–Trinajstić information content (AvgIpc) is 2.82. The van der Waals surface area contributed by atoms with E-state index >= 15 is 0 Å².